The van der Waals surface area contributed by atoms with Gasteiger partial charge in [-0.3, -0.25) is 0 Å². The van der Waals surface area contributed by atoms with Crippen LogP contribution in [0.25, 0.3) is 11.0 Å². The molecular weight excluding hydrogens is 526 g/mol. The zero-order valence-corrected chi connectivity index (χ0v) is 23.2. The normalized spacial score (nSPS) is 15.4. The van der Waals surface area contributed by atoms with Crippen LogP contribution >= 0.6 is 0 Å². The van der Waals surface area contributed by atoms with Crippen molar-refractivity contribution in [3.05, 3.63) is 106 Å². The van der Waals surface area contributed by atoms with Crippen molar-refractivity contribution in [2.45, 2.75) is 43.4 Å². The number of nitrogens with zero attached hydrogens (tertiary/aromatic N) is 2. The highest BCUT2D eigenvalue weighted by atomic mass is 32.2. The number of hydrogen-bond donors (Lipinski definition) is 2. The molecule has 9 heteroatoms. The number of aromatic hydroxyl groups is 1. The molecule has 1 atom stereocenters. The second kappa shape index (κ2) is 12.1. The minimum atomic E-state index is -3.90. The van der Waals surface area contributed by atoms with Gasteiger partial charge in [0.05, 0.1) is 15.8 Å². The number of aryl methyl sites for hydroxylation is 1. The predicted octanol–water partition coefficient (Wildman–Crippen LogP) is 5.15. The van der Waals surface area contributed by atoms with Crippen molar-refractivity contribution in [1.82, 2.24) is 9.73 Å². The average molecular weight is 560 g/mol. The molecule has 5 rings (SSSR count). The third kappa shape index (κ3) is 6.26. The Labute approximate surface area is 234 Å². The van der Waals surface area contributed by atoms with Crippen LogP contribution in [0.3, 0.4) is 0 Å². The molecule has 3 aromatic carbocycles. The summed E-state index contributed by atoms with van der Waals surface area (Å²) in [6, 6.07) is 22.8. The third-order valence-electron chi connectivity index (χ3n) is 7.38. The van der Waals surface area contributed by atoms with Crippen LogP contribution < -0.4 is 10.5 Å². The maximum Gasteiger partial charge on any atom is 0.343 e. The highest BCUT2D eigenvalue weighted by molar-refractivity contribution is 7.89. The van der Waals surface area contributed by atoms with Crippen LogP contribution in [0.4, 0.5) is 0 Å². The lowest BCUT2D eigenvalue weighted by atomic mass is 9.86. The standard InChI is InChI=1S/C31H33N3O5S/c1-22-13-15-25(16-14-22)40(37,38)33-32-24(17-20-34-18-7-8-19-34)21-27(23-9-3-2-4-10-23)29-30(35)26-11-5-6-12-28(26)39-31(29)36/h2-6,9-16,27,33,35H,7-8,17-21H2,1H3/b32-24+/t27-/m0/s1. The average Bonchev–Trinajstić information content (AvgIpc) is 3.48. The second-order valence-corrected chi connectivity index (χ2v) is 11.9. The molecule has 1 fully saturated rings. The van der Waals surface area contributed by atoms with Gasteiger partial charge >= 0.3 is 5.63 Å². The van der Waals surface area contributed by atoms with Gasteiger partial charge in [-0.15, -0.1) is 0 Å². The number of para-hydroxylation sites is 1. The van der Waals surface area contributed by atoms with Crippen molar-refractivity contribution < 1.29 is 17.9 Å². The molecule has 208 valence electrons. The summed E-state index contributed by atoms with van der Waals surface area (Å²) in [5.74, 6) is -0.747. The van der Waals surface area contributed by atoms with Gasteiger partial charge < -0.3 is 14.4 Å². The molecule has 0 aliphatic carbocycles. The first kappa shape index (κ1) is 27.6. The number of hydrogen-bond acceptors (Lipinski definition) is 7. The molecule has 1 aromatic heterocycles. The van der Waals surface area contributed by atoms with Crippen molar-refractivity contribution in [2.24, 2.45) is 5.10 Å². The molecular formula is C31H33N3O5S. The SMILES string of the molecule is Cc1ccc(S(=O)(=O)N/N=C(\CCN2CCCC2)C[C@@H](c2ccccc2)c2c(O)c3ccccc3oc2=O)cc1. The molecule has 1 saturated heterocycles. The molecule has 2 N–H and O–H groups in total. The maximum absolute atomic E-state index is 13.3. The topological polar surface area (TPSA) is 112 Å². The molecule has 0 bridgehead atoms. The zero-order valence-electron chi connectivity index (χ0n) is 22.4. The van der Waals surface area contributed by atoms with Gasteiger partial charge in [0.1, 0.15) is 11.3 Å². The molecule has 2 heterocycles. The zero-order chi connectivity index (χ0) is 28.1. The molecule has 0 spiro atoms. The Bertz CT molecular complexity index is 1660. The minimum absolute atomic E-state index is 0.119. The molecule has 0 saturated carbocycles. The summed E-state index contributed by atoms with van der Waals surface area (Å²) in [5, 5.41) is 16.1. The molecule has 1 aliphatic heterocycles. The Morgan fingerprint density at radius 3 is 2.40 bits per heavy atom. The lowest BCUT2D eigenvalue weighted by Crippen LogP contribution is -2.26. The van der Waals surface area contributed by atoms with Crippen molar-refractivity contribution in [3.8, 4) is 5.75 Å². The van der Waals surface area contributed by atoms with Crippen molar-refractivity contribution in [1.29, 1.82) is 0 Å². The molecule has 1 aliphatic rings. The van der Waals surface area contributed by atoms with Crippen LogP contribution in [0.1, 0.15) is 48.3 Å². The summed E-state index contributed by atoms with van der Waals surface area (Å²) < 4.78 is 31.7. The number of fused-ring (bicyclic) bond motifs is 1. The van der Waals surface area contributed by atoms with Gasteiger partial charge in [0.15, 0.2) is 0 Å². The Morgan fingerprint density at radius 2 is 1.68 bits per heavy atom. The van der Waals surface area contributed by atoms with Gasteiger partial charge in [-0.05, 0) is 69.1 Å². The van der Waals surface area contributed by atoms with Crippen LogP contribution in [0, 0.1) is 6.92 Å². The maximum atomic E-state index is 13.3. The lowest BCUT2D eigenvalue weighted by Gasteiger charge is -2.21. The summed E-state index contributed by atoms with van der Waals surface area (Å²) in [6.07, 6.45) is 2.97. The fourth-order valence-corrected chi connectivity index (χ4v) is 6.00. The van der Waals surface area contributed by atoms with E-state index in [1.165, 1.54) is 0 Å². The lowest BCUT2D eigenvalue weighted by molar-refractivity contribution is 0.348. The molecule has 0 unspecified atom stereocenters. The molecule has 40 heavy (non-hydrogen) atoms. The largest absolute Gasteiger partial charge is 0.507 e. The predicted molar refractivity (Wildman–Crippen MR) is 156 cm³/mol. The second-order valence-electron chi connectivity index (χ2n) is 10.2. The smallest absolute Gasteiger partial charge is 0.343 e. The van der Waals surface area contributed by atoms with Gasteiger partial charge in [0.2, 0.25) is 0 Å². The summed E-state index contributed by atoms with van der Waals surface area (Å²) >= 11 is 0. The third-order valence-corrected chi connectivity index (χ3v) is 8.60. The highest BCUT2D eigenvalue weighted by Crippen LogP contribution is 2.36. The van der Waals surface area contributed by atoms with E-state index in [4.69, 9.17) is 4.42 Å². The van der Waals surface area contributed by atoms with Crippen LogP contribution in [-0.4, -0.2) is 43.8 Å². The number of sulfonamides is 1. The summed E-state index contributed by atoms with van der Waals surface area (Å²) in [5.41, 5.74) is 2.10. The molecule has 8 nitrogen and oxygen atoms in total. The van der Waals surface area contributed by atoms with E-state index < -0.39 is 21.6 Å². The fraction of sp³-hybridized carbons (Fsp3) is 0.290. The first-order valence-corrected chi connectivity index (χ1v) is 15.0. The van der Waals surface area contributed by atoms with Gasteiger partial charge in [-0.2, -0.15) is 13.5 Å². The quantitative estimate of drug-likeness (QED) is 0.158. The highest BCUT2D eigenvalue weighted by Gasteiger charge is 2.27. The monoisotopic (exact) mass is 559 g/mol. The van der Waals surface area contributed by atoms with Crippen LogP contribution in [0.5, 0.6) is 5.75 Å². The number of nitrogens with one attached hydrogen (secondary N) is 1. The van der Waals surface area contributed by atoms with E-state index in [1.807, 2.05) is 37.3 Å². The number of likely N-dealkylation sites (tertiary alicyclic amines) is 1. The van der Waals surface area contributed by atoms with E-state index in [-0.39, 0.29) is 22.6 Å². The van der Waals surface area contributed by atoms with Gasteiger partial charge in [-0.25, -0.2) is 9.63 Å². The van der Waals surface area contributed by atoms with Crippen LogP contribution in [0.2, 0.25) is 0 Å². The Hall–Kier alpha value is -3.95. The van der Waals surface area contributed by atoms with Gasteiger partial charge in [0, 0.05) is 24.6 Å². The first-order chi connectivity index (χ1) is 19.3. The van der Waals surface area contributed by atoms with Crippen molar-refractivity contribution in [3.63, 3.8) is 0 Å². The van der Waals surface area contributed by atoms with Crippen LogP contribution in [-0.2, 0) is 10.0 Å². The molecule has 4 aromatic rings. The van der Waals surface area contributed by atoms with E-state index in [0.717, 1.165) is 37.1 Å². The van der Waals surface area contributed by atoms with E-state index in [1.54, 1.807) is 48.5 Å². The van der Waals surface area contributed by atoms with E-state index in [0.29, 0.717) is 29.6 Å². The fourth-order valence-electron chi connectivity index (χ4n) is 5.15. The van der Waals surface area contributed by atoms with Crippen molar-refractivity contribution >= 4 is 26.7 Å². The van der Waals surface area contributed by atoms with Gasteiger partial charge in [-0.1, -0.05) is 60.2 Å². The van der Waals surface area contributed by atoms with Crippen LogP contribution in [0.15, 0.2) is 98.1 Å². The minimum Gasteiger partial charge on any atom is -0.507 e. The number of benzene rings is 3. The first-order valence-electron chi connectivity index (χ1n) is 13.5. The van der Waals surface area contributed by atoms with Gasteiger partial charge in [0.25, 0.3) is 10.0 Å². The van der Waals surface area contributed by atoms with E-state index >= 15 is 0 Å². The number of hydrazone groups is 1. The Balaban J connectivity index is 1.54. The van der Waals surface area contributed by atoms with Crippen molar-refractivity contribution in [2.75, 3.05) is 19.6 Å². The number of rotatable bonds is 10. The molecule has 0 amide bonds. The molecule has 0 radical (unpaired) electrons. The Morgan fingerprint density at radius 1 is 1.00 bits per heavy atom. The van der Waals surface area contributed by atoms with E-state index in [9.17, 15) is 18.3 Å². The summed E-state index contributed by atoms with van der Waals surface area (Å²) in [7, 11) is -3.90. The summed E-state index contributed by atoms with van der Waals surface area (Å²) in [6.45, 7) is 4.57. The summed E-state index contributed by atoms with van der Waals surface area (Å²) in [4.78, 5) is 18.1. The van der Waals surface area contributed by atoms with E-state index in [2.05, 4.69) is 14.8 Å². The Kier molecular flexibility index (Phi) is 8.32.